The number of fused-ring (bicyclic) bond motifs is 1. The molecule has 0 fully saturated rings. The van der Waals surface area contributed by atoms with Gasteiger partial charge in [-0.25, -0.2) is 0 Å². The zero-order valence-corrected chi connectivity index (χ0v) is 11.6. The van der Waals surface area contributed by atoms with Crippen molar-refractivity contribution in [2.45, 2.75) is 0 Å². The van der Waals surface area contributed by atoms with E-state index in [1.54, 1.807) is 13.2 Å². The van der Waals surface area contributed by atoms with E-state index in [-0.39, 0.29) is 0 Å². The first-order valence-corrected chi connectivity index (χ1v) is 6.67. The Bertz CT molecular complexity index is 566. The van der Waals surface area contributed by atoms with Gasteiger partial charge in [-0.3, -0.25) is 4.79 Å². The zero-order chi connectivity index (χ0) is 13.0. The normalized spacial score (nSPS) is 10.3. The zero-order valence-electron chi connectivity index (χ0n) is 9.98. The highest BCUT2D eigenvalue weighted by atomic mass is 79.9. The molecule has 94 valence electrons. The number of carbonyl (C=O) groups excluding carboxylic acids is 1. The molecule has 2 aromatic rings. The van der Waals surface area contributed by atoms with Crippen LogP contribution in [0.15, 0.2) is 30.3 Å². The number of aldehydes is 1. The molecule has 0 radical (unpaired) electrons. The van der Waals surface area contributed by atoms with Gasteiger partial charge in [-0.2, -0.15) is 0 Å². The topological polar surface area (TPSA) is 35.5 Å². The molecule has 0 unspecified atom stereocenters. The summed E-state index contributed by atoms with van der Waals surface area (Å²) in [5.41, 5.74) is 0.605. The predicted molar refractivity (Wildman–Crippen MR) is 75.2 cm³/mol. The molecule has 0 saturated carbocycles. The van der Waals surface area contributed by atoms with Crippen molar-refractivity contribution < 1.29 is 14.3 Å². The van der Waals surface area contributed by atoms with Gasteiger partial charge in [-0.15, -0.1) is 0 Å². The van der Waals surface area contributed by atoms with Gasteiger partial charge in [0.2, 0.25) is 0 Å². The Morgan fingerprint density at radius 2 is 2.06 bits per heavy atom. The number of carbonyl (C=O) groups is 1. The van der Waals surface area contributed by atoms with E-state index < -0.39 is 0 Å². The van der Waals surface area contributed by atoms with Gasteiger partial charge in [0.1, 0.15) is 11.5 Å². The highest BCUT2D eigenvalue weighted by Gasteiger charge is 2.10. The van der Waals surface area contributed by atoms with Crippen LogP contribution in [0.1, 0.15) is 10.4 Å². The maximum Gasteiger partial charge on any atom is 0.150 e. The molecule has 0 amide bonds. The summed E-state index contributed by atoms with van der Waals surface area (Å²) in [7, 11) is 1.59. The SMILES string of the molecule is COc1cccc2c(OCCBr)ccc(C=O)c12. The van der Waals surface area contributed by atoms with Crippen molar-refractivity contribution in [3.8, 4) is 11.5 Å². The summed E-state index contributed by atoms with van der Waals surface area (Å²) in [6, 6.07) is 9.21. The number of halogens is 1. The van der Waals surface area contributed by atoms with Gasteiger partial charge in [0, 0.05) is 21.7 Å². The minimum absolute atomic E-state index is 0.576. The van der Waals surface area contributed by atoms with Crippen LogP contribution in [0.25, 0.3) is 10.8 Å². The molecule has 0 bridgehead atoms. The van der Waals surface area contributed by atoms with E-state index in [9.17, 15) is 4.79 Å². The third-order valence-electron chi connectivity index (χ3n) is 2.68. The average Bonchev–Trinajstić information content (AvgIpc) is 2.43. The van der Waals surface area contributed by atoms with Crippen molar-refractivity contribution in [1.29, 1.82) is 0 Å². The summed E-state index contributed by atoms with van der Waals surface area (Å²) in [6.45, 7) is 0.576. The smallest absolute Gasteiger partial charge is 0.150 e. The van der Waals surface area contributed by atoms with E-state index >= 15 is 0 Å². The Morgan fingerprint density at radius 1 is 1.22 bits per heavy atom. The fourth-order valence-electron chi connectivity index (χ4n) is 1.92. The first-order valence-electron chi connectivity index (χ1n) is 5.55. The number of hydrogen-bond acceptors (Lipinski definition) is 3. The molecule has 2 rings (SSSR count). The highest BCUT2D eigenvalue weighted by Crippen LogP contribution is 2.34. The number of hydrogen-bond donors (Lipinski definition) is 0. The van der Waals surface area contributed by atoms with Gasteiger partial charge >= 0.3 is 0 Å². The van der Waals surface area contributed by atoms with Gasteiger partial charge in [-0.1, -0.05) is 28.1 Å². The Kier molecular flexibility index (Phi) is 4.20. The minimum Gasteiger partial charge on any atom is -0.496 e. The Balaban J connectivity index is 2.66. The second-order valence-electron chi connectivity index (χ2n) is 3.69. The van der Waals surface area contributed by atoms with Crippen LogP contribution in [0.2, 0.25) is 0 Å². The van der Waals surface area contributed by atoms with E-state index in [1.165, 1.54) is 0 Å². The van der Waals surface area contributed by atoms with Crippen LogP contribution in [0, 0.1) is 0 Å². The lowest BCUT2D eigenvalue weighted by atomic mass is 10.0. The molecule has 0 aromatic heterocycles. The maximum atomic E-state index is 11.1. The molecule has 0 N–H and O–H groups in total. The summed E-state index contributed by atoms with van der Waals surface area (Å²) >= 11 is 3.32. The summed E-state index contributed by atoms with van der Waals surface area (Å²) in [5.74, 6) is 1.44. The van der Waals surface area contributed by atoms with E-state index in [1.807, 2.05) is 24.3 Å². The van der Waals surface area contributed by atoms with Crippen LogP contribution >= 0.6 is 15.9 Å². The molecular weight excluding hydrogens is 296 g/mol. The Labute approximate surface area is 114 Å². The summed E-state index contributed by atoms with van der Waals surface area (Å²) in [4.78, 5) is 11.1. The third kappa shape index (κ3) is 2.34. The van der Waals surface area contributed by atoms with E-state index in [2.05, 4.69) is 15.9 Å². The fraction of sp³-hybridized carbons (Fsp3) is 0.214. The molecule has 0 spiro atoms. The largest absolute Gasteiger partial charge is 0.496 e. The summed E-state index contributed by atoms with van der Waals surface area (Å²) in [6.07, 6.45) is 0.832. The fourth-order valence-corrected chi connectivity index (χ4v) is 2.08. The predicted octanol–water partition coefficient (Wildman–Crippen LogP) is 3.43. The Hall–Kier alpha value is -1.55. The van der Waals surface area contributed by atoms with Gasteiger partial charge in [0.15, 0.2) is 6.29 Å². The number of benzene rings is 2. The molecule has 0 saturated heterocycles. The molecule has 3 nitrogen and oxygen atoms in total. The van der Waals surface area contributed by atoms with Crippen LogP contribution in [0.5, 0.6) is 11.5 Å². The lowest BCUT2D eigenvalue weighted by Crippen LogP contribution is -1.99. The minimum atomic E-state index is 0.576. The van der Waals surface area contributed by atoms with Crippen molar-refractivity contribution in [2.75, 3.05) is 19.0 Å². The van der Waals surface area contributed by atoms with Crippen molar-refractivity contribution in [3.63, 3.8) is 0 Å². The van der Waals surface area contributed by atoms with Crippen LogP contribution in [0.3, 0.4) is 0 Å². The molecule has 0 aliphatic heterocycles. The average molecular weight is 309 g/mol. The second kappa shape index (κ2) is 5.87. The standard InChI is InChI=1S/C14H13BrO3/c1-17-13-4-2-3-11-12(18-8-7-15)6-5-10(9-16)14(11)13/h2-6,9H,7-8H2,1H3. The first-order chi connectivity index (χ1) is 8.81. The summed E-state index contributed by atoms with van der Waals surface area (Å²) < 4.78 is 11.0. The van der Waals surface area contributed by atoms with Gasteiger partial charge in [-0.05, 0) is 18.2 Å². The lowest BCUT2D eigenvalue weighted by molar-refractivity contribution is 0.112. The maximum absolute atomic E-state index is 11.1. The Morgan fingerprint density at radius 3 is 2.72 bits per heavy atom. The monoisotopic (exact) mass is 308 g/mol. The second-order valence-corrected chi connectivity index (χ2v) is 4.48. The van der Waals surface area contributed by atoms with E-state index in [0.29, 0.717) is 17.9 Å². The number of alkyl halides is 1. The van der Waals surface area contributed by atoms with Crippen molar-refractivity contribution >= 4 is 33.0 Å². The molecular formula is C14H13BrO3. The number of rotatable bonds is 5. The third-order valence-corrected chi connectivity index (χ3v) is 3.00. The van der Waals surface area contributed by atoms with E-state index in [4.69, 9.17) is 9.47 Å². The molecule has 2 aromatic carbocycles. The van der Waals surface area contributed by atoms with Crippen LogP contribution in [-0.2, 0) is 0 Å². The molecule has 4 heteroatoms. The lowest BCUT2D eigenvalue weighted by Gasteiger charge is -2.12. The van der Waals surface area contributed by atoms with Crippen molar-refractivity contribution in [2.24, 2.45) is 0 Å². The first kappa shape index (κ1) is 12.9. The quantitative estimate of drug-likeness (QED) is 0.627. The molecule has 0 atom stereocenters. The number of ether oxygens (including phenoxy) is 2. The van der Waals surface area contributed by atoms with Crippen molar-refractivity contribution in [1.82, 2.24) is 0 Å². The van der Waals surface area contributed by atoms with Crippen molar-refractivity contribution in [3.05, 3.63) is 35.9 Å². The van der Waals surface area contributed by atoms with Gasteiger partial charge in [0.25, 0.3) is 0 Å². The summed E-state index contributed by atoms with van der Waals surface area (Å²) in [5, 5.41) is 2.44. The van der Waals surface area contributed by atoms with Crippen LogP contribution in [0.4, 0.5) is 0 Å². The van der Waals surface area contributed by atoms with E-state index in [0.717, 1.165) is 28.1 Å². The molecule has 0 aliphatic rings. The number of methoxy groups -OCH3 is 1. The van der Waals surface area contributed by atoms with Gasteiger partial charge in [0.05, 0.1) is 13.7 Å². The molecule has 0 aliphatic carbocycles. The van der Waals surface area contributed by atoms with Crippen LogP contribution < -0.4 is 9.47 Å². The van der Waals surface area contributed by atoms with Gasteiger partial charge < -0.3 is 9.47 Å². The molecule has 18 heavy (non-hydrogen) atoms. The highest BCUT2D eigenvalue weighted by molar-refractivity contribution is 9.09. The van der Waals surface area contributed by atoms with Crippen LogP contribution in [-0.4, -0.2) is 25.3 Å². The molecule has 0 heterocycles.